The van der Waals surface area contributed by atoms with Crippen LogP contribution in [0, 0.1) is 0 Å². The van der Waals surface area contributed by atoms with Gasteiger partial charge in [0, 0.05) is 18.7 Å². The molecule has 2 rings (SSSR count). The molecule has 0 unspecified atom stereocenters. The van der Waals surface area contributed by atoms with Crippen LogP contribution in [0.3, 0.4) is 0 Å². The first kappa shape index (κ1) is 19.2. The normalized spacial score (nSPS) is 12.6. The molecule has 25 heavy (non-hydrogen) atoms. The third kappa shape index (κ3) is 4.28. The van der Waals surface area contributed by atoms with Crippen molar-refractivity contribution in [3.8, 4) is 0 Å². The SMILES string of the molecule is CC(C)c1nnc(CNc2ccc(S(N)(=O)=O)cc2C(F)(F)F)n1C. The summed E-state index contributed by atoms with van der Waals surface area (Å²) in [6.45, 7) is 3.85. The van der Waals surface area contributed by atoms with Crippen molar-refractivity contribution in [2.75, 3.05) is 5.32 Å². The number of hydrogen-bond acceptors (Lipinski definition) is 5. The molecule has 138 valence electrons. The van der Waals surface area contributed by atoms with Crippen molar-refractivity contribution in [1.82, 2.24) is 14.8 Å². The van der Waals surface area contributed by atoms with Gasteiger partial charge in [0.15, 0.2) is 5.82 Å². The van der Waals surface area contributed by atoms with E-state index in [-0.39, 0.29) is 18.2 Å². The molecule has 0 saturated heterocycles. The van der Waals surface area contributed by atoms with Crippen LogP contribution in [0.25, 0.3) is 0 Å². The highest BCUT2D eigenvalue weighted by molar-refractivity contribution is 7.89. The van der Waals surface area contributed by atoms with Crippen LogP contribution >= 0.6 is 0 Å². The smallest absolute Gasteiger partial charge is 0.377 e. The summed E-state index contributed by atoms with van der Waals surface area (Å²) in [6, 6.07) is 2.55. The summed E-state index contributed by atoms with van der Waals surface area (Å²) in [5.74, 6) is 1.27. The number of nitrogens with two attached hydrogens (primary N) is 1. The fraction of sp³-hybridized carbons (Fsp3) is 0.429. The number of sulfonamides is 1. The third-order valence-corrected chi connectivity index (χ3v) is 4.49. The van der Waals surface area contributed by atoms with Crippen LogP contribution in [0.1, 0.15) is 37.0 Å². The summed E-state index contributed by atoms with van der Waals surface area (Å²) in [6.07, 6.45) is -4.74. The Hall–Kier alpha value is -2.14. The van der Waals surface area contributed by atoms with Crippen molar-refractivity contribution in [2.45, 2.75) is 37.4 Å². The van der Waals surface area contributed by atoms with E-state index in [4.69, 9.17) is 5.14 Å². The molecule has 0 atom stereocenters. The fourth-order valence-electron chi connectivity index (χ4n) is 2.30. The lowest BCUT2D eigenvalue weighted by molar-refractivity contribution is -0.137. The van der Waals surface area contributed by atoms with E-state index in [9.17, 15) is 21.6 Å². The van der Waals surface area contributed by atoms with Crippen LogP contribution in [0.2, 0.25) is 0 Å². The average molecular weight is 377 g/mol. The van der Waals surface area contributed by atoms with E-state index >= 15 is 0 Å². The van der Waals surface area contributed by atoms with Gasteiger partial charge in [-0.15, -0.1) is 10.2 Å². The summed E-state index contributed by atoms with van der Waals surface area (Å²) >= 11 is 0. The van der Waals surface area contributed by atoms with Gasteiger partial charge in [-0.3, -0.25) is 0 Å². The van der Waals surface area contributed by atoms with Gasteiger partial charge in [0.2, 0.25) is 10.0 Å². The van der Waals surface area contributed by atoms with Crippen LogP contribution in [0.4, 0.5) is 18.9 Å². The highest BCUT2D eigenvalue weighted by Crippen LogP contribution is 2.36. The minimum absolute atomic E-state index is 0.00593. The van der Waals surface area contributed by atoms with Gasteiger partial charge in [0.1, 0.15) is 5.82 Å². The van der Waals surface area contributed by atoms with Crippen molar-refractivity contribution in [2.24, 2.45) is 12.2 Å². The van der Waals surface area contributed by atoms with Crippen molar-refractivity contribution in [3.05, 3.63) is 35.4 Å². The zero-order valence-electron chi connectivity index (χ0n) is 13.8. The number of hydrogen-bond donors (Lipinski definition) is 2. The quantitative estimate of drug-likeness (QED) is 0.832. The molecule has 0 aliphatic carbocycles. The molecule has 7 nitrogen and oxygen atoms in total. The zero-order valence-corrected chi connectivity index (χ0v) is 14.6. The molecule has 0 spiro atoms. The molecule has 0 fully saturated rings. The molecular weight excluding hydrogens is 359 g/mol. The van der Waals surface area contributed by atoms with Gasteiger partial charge in [0.25, 0.3) is 0 Å². The summed E-state index contributed by atoms with van der Waals surface area (Å²) in [7, 11) is -2.51. The highest BCUT2D eigenvalue weighted by Gasteiger charge is 2.34. The monoisotopic (exact) mass is 377 g/mol. The number of rotatable bonds is 5. The molecule has 3 N–H and O–H groups in total. The van der Waals surface area contributed by atoms with Gasteiger partial charge in [-0.1, -0.05) is 13.8 Å². The molecular formula is C14H18F3N5O2S. The predicted molar refractivity (Wildman–Crippen MR) is 85.2 cm³/mol. The molecule has 1 aromatic heterocycles. The second-order valence-electron chi connectivity index (χ2n) is 5.79. The number of halogens is 3. The van der Waals surface area contributed by atoms with Crippen LogP contribution in [0.15, 0.2) is 23.1 Å². The molecule has 0 bridgehead atoms. The summed E-state index contributed by atoms with van der Waals surface area (Å²) in [4.78, 5) is -0.605. The van der Waals surface area contributed by atoms with Crippen molar-refractivity contribution < 1.29 is 21.6 Å². The largest absolute Gasteiger partial charge is 0.418 e. The van der Waals surface area contributed by atoms with E-state index in [1.54, 1.807) is 11.6 Å². The van der Waals surface area contributed by atoms with Gasteiger partial charge in [0.05, 0.1) is 17.0 Å². The molecule has 11 heteroatoms. The van der Waals surface area contributed by atoms with Gasteiger partial charge in [-0.25, -0.2) is 13.6 Å². The number of nitrogens with one attached hydrogen (secondary N) is 1. The Bertz CT molecular complexity index is 875. The Kier molecular flexibility index (Phi) is 5.09. The fourth-order valence-corrected chi connectivity index (χ4v) is 2.84. The Morgan fingerprint density at radius 3 is 2.40 bits per heavy atom. The van der Waals surface area contributed by atoms with Crippen molar-refractivity contribution >= 4 is 15.7 Å². The van der Waals surface area contributed by atoms with E-state index in [0.29, 0.717) is 17.7 Å². The number of anilines is 1. The number of primary sulfonamides is 1. The van der Waals surface area contributed by atoms with Crippen LogP contribution in [-0.2, 0) is 29.8 Å². The van der Waals surface area contributed by atoms with Crippen LogP contribution < -0.4 is 10.5 Å². The molecule has 0 saturated carbocycles. The van der Waals surface area contributed by atoms with E-state index in [0.717, 1.165) is 12.1 Å². The second kappa shape index (κ2) is 6.64. The lowest BCUT2D eigenvalue weighted by Gasteiger charge is -2.15. The Morgan fingerprint density at radius 2 is 1.92 bits per heavy atom. The number of aromatic nitrogens is 3. The first-order chi connectivity index (χ1) is 11.4. The lowest BCUT2D eigenvalue weighted by Crippen LogP contribution is -2.17. The van der Waals surface area contributed by atoms with E-state index in [1.165, 1.54) is 0 Å². The summed E-state index contributed by atoms with van der Waals surface area (Å²) in [5.41, 5.74) is -1.39. The minimum Gasteiger partial charge on any atom is -0.377 e. The molecule has 1 aromatic carbocycles. The number of alkyl halides is 3. The van der Waals surface area contributed by atoms with Gasteiger partial charge in [-0.05, 0) is 18.2 Å². The maximum Gasteiger partial charge on any atom is 0.418 e. The topological polar surface area (TPSA) is 103 Å². The zero-order chi connectivity index (χ0) is 19.0. The summed E-state index contributed by atoms with van der Waals surface area (Å²) in [5, 5.41) is 15.5. The number of nitrogens with zero attached hydrogens (tertiary/aromatic N) is 3. The first-order valence-electron chi connectivity index (χ1n) is 7.27. The van der Waals surface area contributed by atoms with E-state index < -0.39 is 26.7 Å². The van der Waals surface area contributed by atoms with Gasteiger partial charge in [-0.2, -0.15) is 13.2 Å². The van der Waals surface area contributed by atoms with Crippen molar-refractivity contribution in [3.63, 3.8) is 0 Å². The molecule has 2 aromatic rings. The third-order valence-electron chi connectivity index (χ3n) is 3.58. The molecule has 0 radical (unpaired) electrons. The van der Waals surface area contributed by atoms with Crippen LogP contribution in [-0.4, -0.2) is 23.2 Å². The Morgan fingerprint density at radius 1 is 1.28 bits per heavy atom. The molecule has 0 amide bonds. The Balaban J connectivity index is 2.34. The lowest BCUT2D eigenvalue weighted by atomic mass is 10.1. The Labute approximate surface area is 143 Å². The molecule has 0 aliphatic heterocycles. The predicted octanol–water partition coefficient (Wildman–Crippen LogP) is 2.22. The van der Waals surface area contributed by atoms with Crippen LogP contribution in [0.5, 0.6) is 0 Å². The standard InChI is InChI=1S/C14H18F3N5O2S/c1-8(2)13-21-20-12(22(13)3)7-19-11-5-4-9(25(18,23)24)6-10(11)14(15,16)17/h4-6,8,19H,7H2,1-3H3,(H2,18,23,24). The summed E-state index contributed by atoms with van der Waals surface area (Å²) < 4.78 is 63.9. The molecule has 0 aliphatic rings. The second-order valence-corrected chi connectivity index (χ2v) is 7.35. The molecule has 1 heterocycles. The number of benzene rings is 1. The first-order valence-corrected chi connectivity index (χ1v) is 8.82. The van der Waals surface area contributed by atoms with E-state index in [1.807, 2.05) is 13.8 Å². The highest BCUT2D eigenvalue weighted by atomic mass is 32.2. The average Bonchev–Trinajstić information content (AvgIpc) is 2.84. The van der Waals surface area contributed by atoms with E-state index in [2.05, 4.69) is 15.5 Å². The van der Waals surface area contributed by atoms with Crippen molar-refractivity contribution in [1.29, 1.82) is 0 Å². The van der Waals surface area contributed by atoms with Gasteiger partial charge >= 0.3 is 6.18 Å². The minimum atomic E-state index is -4.74. The maximum atomic E-state index is 13.2. The maximum absolute atomic E-state index is 13.2. The van der Waals surface area contributed by atoms with Gasteiger partial charge < -0.3 is 9.88 Å².